The topological polar surface area (TPSA) is 23.9 Å². The lowest BCUT2D eigenvalue weighted by Gasteiger charge is -2.03. The maximum Gasteiger partial charge on any atom is 0.0390 e. The van der Waals surface area contributed by atoms with E-state index in [4.69, 9.17) is 5.41 Å². The molecule has 116 valence electrons. The second-order valence-electron chi connectivity index (χ2n) is 5.77. The molecule has 0 saturated carbocycles. The number of fused-ring (bicyclic) bond motifs is 3. The molecule has 0 aliphatic carbocycles. The summed E-state index contributed by atoms with van der Waals surface area (Å²) in [7, 11) is 0. The summed E-state index contributed by atoms with van der Waals surface area (Å²) >= 11 is 1.86. The van der Waals surface area contributed by atoms with Crippen LogP contribution in [-0.2, 0) is 6.42 Å². The van der Waals surface area contributed by atoms with E-state index in [0.29, 0.717) is 0 Å². The van der Waals surface area contributed by atoms with E-state index in [1.165, 1.54) is 32.0 Å². The lowest BCUT2D eigenvalue weighted by Crippen LogP contribution is -1.88. The predicted molar refractivity (Wildman–Crippen MR) is 106 cm³/mol. The fraction of sp³-hybridized carbons (Fsp3) is 0.0455. The fourth-order valence-electron chi connectivity index (χ4n) is 3.08. The van der Waals surface area contributed by atoms with Crippen molar-refractivity contribution in [3.05, 3.63) is 90.0 Å². The van der Waals surface area contributed by atoms with Gasteiger partial charge in [-0.05, 0) is 29.2 Å². The smallest absolute Gasteiger partial charge is 0.0390 e. The Morgan fingerprint density at radius 3 is 2.42 bits per heavy atom. The van der Waals surface area contributed by atoms with Gasteiger partial charge in [0.15, 0.2) is 0 Å². The van der Waals surface area contributed by atoms with E-state index in [0.717, 1.165) is 17.6 Å². The summed E-state index contributed by atoms with van der Waals surface area (Å²) in [6.07, 6.45) is 4.44. The first-order valence-electron chi connectivity index (χ1n) is 8.02. The van der Waals surface area contributed by atoms with E-state index in [9.17, 15) is 0 Å². The second kappa shape index (κ2) is 6.42. The summed E-state index contributed by atoms with van der Waals surface area (Å²) < 4.78 is 2.69. The molecule has 3 aromatic carbocycles. The number of hydrogen-bond donors (Lipinski definition) is 1. The van der Waals surface area contributed by atoms with Crippen LogP contribution in [0.2, 0.25) is 0 Å². The average Bonchev–Trinajstić information content (AvgIpc) is 3.03. The van der Waals surface area contributed by atoms with Crippen molar-refractivity contribution < 1.29 is 0 Å². The van der Waals surface area contributed by atoms with E-state index in [2.05, 4.69) is 60.7 Å². The molecule has 4 aromatic rings. The maximum absolute atomic E-state index is 7.72. The first kappa shape index (κ1) is 14.9. The Morgan fingerprint density at radius 1 is 0.833 bits per heavy atom. The highest BCUT2D eigenvalue weighted by Crippen LogP contribution is 2.36. The molecule has 1 nitrogen and oxygen atoms in total. The predicted octanol–water partition coefficient (Wildman–Crippen LogP) is 6.33. The Hall–Kier alpha value is -2.71. The molecule has 0 aliphatic heterocycles. The standard InChI is InChI=1S/C22H17NS/c23-15-18(16-7-2-1-3-8-16)14-13-17-9-6-11-20-19-10-4-5-12-21(19)24-22(17)20/h1-12,14-15,23H,13H2/b18-14+,23-15?. The maximum atomic E-state index is 7.72. The molecule has 0 spiro atoms. The minimum atomic E-state index is 0.837. The Balaban J connectivity index is 1.77. The Kier molecular flexibility index (Phi) is 3.97. The van der Waals surface area contributed by atoms with Crippen LogP contribution in [0, 0.1) is 5.41 Å². The van der Waals surface area contributed by atoms with Crippen LogP contribution >= 0.6 is 11.3 Å². The molecular formula is C22H17NS. The highest BCUT2D eigenvalue weighted by molar-refractivity contribution is 7.26. The van der Waals surface area contributed by atoms with Crippen molar-refractivity contribution in [2.75, 3.05) is 0 Å². The van der Waals surface area contributed by atoms with Gasteiger partial charge in [0.1, 0.15) is 0 Å². The van der Waals surface area contributed by atoms with E-state index in [1.807, 2.05) is 29.5 Å². The normalized spacial score (nSPS) is 11.9. The minimum Gasteiger partial charge on any atom is -0.308 e. The summed E-state index contributed by atoms with van der Waals surface area (Å²) in [4.78, 5) is 0. The summed E-state index contributed by atoms with van der Waals surface area (Å²) in [5.74, 6) is 0. The average molecular weight is 327 g/mol. The molecule has 1 heterocycles. The van der Waals surface area contributed by atoms with E-state index in [1.54, 1.807) is 0 Å². The van der Waals surface area contributed by atoms with Crippen molar-refractivity contribution in [1.29, 1.82) is 5.41 Å². The van der Waals surface area contributed by atoms with Gasteiger partial charge in [-0.2, -0.15) is 0 Å². The molecule has 0 aliphatic rings. The highest BCUT2D eigenvalue weighted by atomic mass is 32.1. The van der Waals surface area contributed by atoms with Crippen LogP contribution in [0.15, 0.2) is 78.9 Å². The van der Waals surface area contributed by atoms with Gasteiger partial charge in [0.25, 0.3) is 0 Å². The Bertz CT molecular complexity index is 1040. The van der Waals surface area contributed by atoms with Crippen LogP contribution in [0.4, 0.5) is 0 Å². The molecule has 0 amide bonds. The number of nitrogens with one attached hydrogen (secondary N) is 1. The minimum absolute atomic E-state index is 0.837. The van der Waals surface area contributed by atoms with Gasteiger partial charge in [-0.15, -0.1) is 11.3 Å². The Labute approximate surface area is 145 Å². The zero-order valence-corrected chi connectivity index (χ0v) is 14.0. The Morgan fingerprint density at radius 2 is 1.58 bits per heavy atom. The largest absolute Gasteiger partial charge is 0.308 e. The lowest BCUT2D eigenvalue weighted by molar-refractivity contribution is 1.31. The number of allylic oxidation sites excluding steroid dienone is 2. The molecule has 0 unspecified atom stereocenters. The van der Waals surface area contributed by atoms with Crippen molar-refractivity contribution in [1.82, 2.24) is 0 Å². The van der Waals surface area contributed by atoms with Crippen LogP contribution in [0.1, 0.15) is 11.1 Å². The third kappa shape index (κ3) is 2.66. The van der Waals surface area contributed by atoms with Crippen LogP contribution in [0.5, 0.6) is 0 Å². The molecule has 1 aromatic heterocycles. The molecule has 4 rings (SSSR count). The van der Waals surface area contributed by atoms with Crippen molar-refractivity contribution in [3.8, 4) is 0 Å². The van der Waals surface area contributed by atoms with Crippen LogP contribution < -0.4 is 0 Å². The summed E-state index contributed by atoms with van der Waals surface area (Å²) in [6.45, 7) is 0. The second-order valence-corrected chi connectivity index (χ2v) is 6.82. The quantitative estimate of drug-likeness (QED) is 0.423. The molecule has 0 bridgehead atoms. The van der Waals surface area contributed by atoms with Gasteiger partial charge in [0, 0.05) is 26.4 Å². The van der Waals surface area contributed by atoms with Gasteiger partial charge in [-0.3, -0.25) is 0 Å². The molecule has 0 radical (unpaired) electrons. The van der Waals surface area contributed by atoms with Crippen molar-refractivity contribution >= 4 is 43.3 Å². The molecule has 0 atom stereocenters. The number of thiophene rings is 1. The van der Waals surface area contributed by atoms with Gasteiger partial charge in [0.05, 0.1) is 0 Å². The summed E-state index contributed by atoms with van der Waals surface area (Å²) in [6, 6.07) is 25.3. The zero-order chi connectivity index (χ0) is 16.4. The van der Waals surface area contributed by atoms with Gasteiger partial charge in [-0.1, -0.05) is 72.8 Å². The molecule has 0 fully saturated rings. The van der Waals surface area contributed by atoms with Gasteiger partial charge in [0.2, 0.25) is 0 Å². The van der Waals surface area contributed by atoms with Crippen LogP contribution in [0.3, 0.4) is 0 Å². The van der Waals surface area contributed by atoms with Crippen molar-refractivity contribution in [2.24, 2.45) is 0 Å². The van der Waals surface area contributed by atoms with Gasteiger partial charge in [-0.25, -0.2) is 0 Å². The summed E-state index contributed by atoms with van der Waals surface area (Å²) in [5.41, 5.74) is 3.38. The zero-order valence-electron chi connectivity index (χ0n) is 13.2. The first-order chi connectivity index (χ1) is 11.9. The number of benzene rings is 3. The highest BCUT2D eigenvalue weighted by Gasteiger charge is 2.07. The monoisotopic (exact) mass is 327 g/mol. The van der Waals surface area contributed by atoms with E-state index >= 15 is 0 Å². The van der Waals surface area contributed by atoms with Crippen molar-refractivity contribution in [2.45, 2.75) is 6.42 Å². The molecule has 24 heavy (non-hydrogen) atoms. The third-order valence-electron chi connectivity index (χ3n) is 4.29. The molecular weight excluding hydrogens is 310 g/mol. The van der Waals surface area contributed by atoms with Crippen LogP contribution in [-0.4, -0.2) is 6.21 Å². The van der Waals surface area contributed by atoms with Crippen LogP contribution in [0.25, 0.3) is 25.7 Å². The summed E-state index contributed by atoms with van der Waals surface area (Å²) in [5, 5.41) is 10.4. The lowest BCUT2D eigenvalue weighted by atomic mass is 10.0. The molecule has 1 N–H and O–H groups in total. The third-order valence-corrected chi connectivity index (χ3v) is 5.55. The van der Waals surface area contributed by atoms with E-state index in [-0.39, 0.29) is 0 Å². The fourth-order valence-corrected chi connectivity index (χ4v) is 4.30. The first-order valence-corrected chi connectivity index (χ1v) is 8.83. The van der Waals surface area contributed by atoms with E-state index < -0.39 is 0 Å². The van der Waals surface area contributed by atoms with Crippen molar-refractivity contribution in [3.63, 3.8) is 0 Å². The molecule has 2 heteroatoms. The van der Waals surface area contributed by atoms with Gasteiger partial charge < -0.3 is 5.41 Å². The number of hydrogen-bond acceptors (Lipinski definition) is 2. The number of rotatable bonds is 4. The van der Waals surface area contributed by atoms with Gasteiger partial charge >= 0.3 is 0 Å². The SMILES string of the molecule is N=C/C(=C\Cc1cccc2c1sc1ccccc12)c1ccccc1. The molecule has 0 saturated heterocycles.